The first-order valence-corrected chi connectivity index (χ1v) is 5.65. The van der Waals surface area contributed by atoms with Crippen molar-refractivity contribution in [2.75, 3.05) is 5.75 Å². The fourth-order valence-corrected chi connectivity index (χ4v) is 1.82. The molecule has 1 amide bonds. The minimum atomic E-state index is -0.396. The fraction of sp³-hybridized carbons (Fsp3) is 0.273. The summed E-state index contributed by atoms with van der Waals surface area (Å²) in [5.41, 5.74) is 5.68. The summed E-state index contributed by atoms with van der Waals surface area (Å²) in [5, 5.41) is -0.236. The number of hydrogen-bond donors (Lipinski definition) is 1. The maximum atomic E-state index is 11.8. The molecule has 1 atom stereocenters. The summed E-state index contributed by atoms with van der Waals surface area (Å²) >= 11 is 1.26. The molecular weight excluding hydrogens is 210 g/mol. The van der Waals surface area contributed by atoms with Crippen molar-refractivity contribution in [3.05, 3.63) is 35.9 Å². The molecule has 0 aromatic heterocycles. The Labute approximate surface area is 93.0 Å². The van der Waals surface area contributed by atoms with Gasteiger partial charge in [0.25, 0.3) is 0 Å². The van der Waals surface area contributed by atoms with Gasteiger partial charge in [-0.15, -0.1) is 11.8 Å². The molecule has 1 rings (SSSR count). The van der Waals surface area contributed by atoms with E-state index in [9.17, 15) is 9.59 Å². The normalized spacial score (nSPS) is 12.1. The van der Waals surface area contributed by atoms with Gasteiger partial charge in [0.05, 0.1) is 11.0 Å². The third kappa shape index (κ3) is 3.75. The number of benzene rings is 1. The van der Waals surface area contributed by atoms with Crippen LogP contribution in [0, 0.1) is 0 Å². The lowest BCUT2D eigenvalue weighted by Crippen LogP contribution is -2.19. The van der Waals surface area contributed by atoms with Gasteiger partial charge in [0, 0.05) is 5.56 Å². The zero-order valence-electron chi connectivity index (χ0n) is 8.47. The number of hydrogen-bond acceptors (Lipinski definition) is 3. The van der Waals surface area contributed by atoms with E-state index >= 15 is 0 Å². The minimum absolute atomic E-state index is 0.0295. The Morgan fingerprint density at radius 1 is 1.33 bits per heavy atom. The van der Waals surface area contributed by atoms with E-state index in [0.717, 1.165) is 0 Å². The van der Waals surface area contributed by atoms with Crippen molar-refractivity contribution in [3.8, 4) is 0 Å². The molecule has 0 heterocycles. The number of rotatable bonds is 5. The summed E-state index contributed by atoms with van der Waals surface area (Å²) in [4.78, 5) is 22.3. The smallest absolute Gasteiger partial charge is 0.227 e. The van der Waals surface area contributed by atoms with Crippen LogP contribution in [0.1, 0.15) is 17.3 Å². The molecule has 4 heteroatoms. The van der Waals surface area contributed by atoms with Crippen molar-refractivity contribution in [2.45, 2.75) is 12.2 Å². The third-order valence-electron chi connectivity index (χ3n) is 1.90. The standard InChI is InChI=1S/C11H13NO2S/c1-8(15-7-10(12)13)11(14)9-5-3-2-4-6-9/h2-6,8H,7H2,1H3,(H2,12,13). The van der Waals surface area contributed by atoms with E-state index in [1.807, 2.05) is 18.2 Å². The SMILES string of the molecule is CC(SCC(N)=O)C(=O)c1ccccc1. The van der Waals surface area contributed by atoms with Crippen molar-refractivity contribution in [2.24, 2.45) is 5.73 Å². The van der Waals surface area contributed by atoms with Gasteiger partial charge < -0.3 is 5.73 Å². The van der Waals surface area contributed by atoms with Gasteiger partial charge in [0.1, 0.15) is 0 Å². The van der Waals surface area contributed by atoms with Crippen molar-refractivity contribution in [3.63, 3.8) is 0 Å². The highest BCUT2D eigenvalue weighted by molar-refractivity contribution is 8.01. The molecule has 0 aliphatic carbocycles. The molecule has 1 aromatic carbocycles. The van der Waals surface area contributed by atoms with E-state index in [-0.39, 0.29) is 16.8 Å². The molecule has 1 aromatic rings. The largest absolute Gasteiger partial charge is 0.369 e. The second kappa shape index (κ2) is 5.56. The molecule has 0 aliphatic rings. The molecule has 0 fully saturated rings. The number of Topliss-reactive ketones (excluding diaryl/α,β-unsaturated/α-hetero) is 1. The average molecular weight is 223 g/mol. The highest BCUT2D eigenvalue weighted by Crippen LogP contribution is 2.15. The zero-order chi connectivity index (χ0) is 11.3. The first kappa shape index (κ1) is 11.8. The summed E-state index contributed by atoms with van der Waals surface area (Å²) < 4.78 is 0. The van der Waals surface area contributed by atoms with E-state index in [2.05, 4.69) is 0 Å². The molecule has 80 valence electrons. The molecule has 15 heavy (non-hydrogen) atoms. The van der Waals surface area contributed by atoms with Crippen LogP contribution in [0.3, 0.4) is 0 Å². The lowest BCUT2D eigenvalue weighted by molar-refractivity contribution is -0.115. The van der Waals surface area contributed by atoms with Crippen LogP contribution in [0.5, 0.6) is 0 Å². The number of nitrogens with two attached hydrogens (primary N) is 1. The fourth-order valence-electron chi connectivity index (χ4n) is 1.12. The molecule has 3 nitrogen and oxygen atoms in total. The number of primary amides is 1. The number of thioether (sulfide) groups is 1. The first-order chi connectivity index (χ1) is 7.11. The van der Waals surface area contributed by atoms with Gasteiger partial charge in [-0.2, -0.15) is 0 Å². The Bertz CT molecular complexity index is 351. The summed E-state index contributed by atoms with van der Waals surface area (Å²) in [6, 6.07) is 9.03. The van der Waals surface area contributed by atoms with Crippen LogP contribution in [0.25, 0.3) is 0 Å². The summed E-state index contributed by atoms with van der Waals surface area (Å²) in [5.74, 6) is -0.186. The van der Waals surface area contributed by atoms with Crippen molar-refractivity contribution in [1.29, 1.82) is 0 Å². The molecule has 0 radical (unpaired) electrons. The van der Waals surface area contributed by atoms with E-state index in [1.54, 1.807) is 19.1 Å². The van der Waals surface area contributed by atoms with E-state index in [1.165, 1.54) is 11.8 Å². The zero-order valence-corrected chi connectivity index (χ0v) is 9.29. The van der Waals surface area contributed by atoms with Gasteiger partial charge >= 0.3 is 0 Å². The van der Waals surface area contributed by atoms with Crippen molar-refractivity contribution in [1.82, 2.24) is 0 Å². The van der Waals surface area contributed by atoms with Crippen LogP contribution < -0.4 is 5.73 Å². The Morgan fingerprint density at radius 2 is 1.93 bits per heavy atom. The Morgan fingerprint density at radius 3 is 2.47 bits per heavy atom. The summed E-state index contributed by atoms with van der Waals surface area (Å²) in [6.45, 7) is 1.78. The molecule has 0 saturated heterocycles. The van der Waals surface area contributed by atoms with Gasteiger partial charge in [-0.25, -0.2) is 0 Å². The molecule has 0 spiro atoms. The van der Waals surface area contributed by atoms with E-state index < -0.39 is 5.91 Å². The number of carbonyl (C=O) groups is 2. The minimum Gasteiger partial charge on any atom is -0.369 e. The number of carbonyl (C=O) groups excluding carboxylic acids is 2. The first-order valence-electron chi connectivity index (χ1n) is 4.60. The van der Waals surface area contributed by atoms with Gasteiger partial charge in [0.15, 0.2) is 5.78 Å². The monoisotopic (exact) mass is 223 g/mol. The predicted molar refractivity (Wildman–Crippen MR) is 61.9 cm³/mol. The molecule has 2 N–H and O–H groups in total. The molecule has 0 saturated carbocycles. The molecule has 0 bridgehead atoms. The third-order valence-corrected chi connectivity index (χ3v) is 3.07. The highest BCUT2D eigenvalue weighted by Gasteiger charge is 2.15. The summed E-state index contributed by atoms with van der Waals surface area (Å²) in [6.07, 6.45) is 0. The Hall–Kier alpha value is -1.29. The maximum absolute atomic E-state index is 11.8. The second-order valence-electron chi connectivity index (χ2n) is 3.15. The van der Waals surface area contributed by atoms with Crippen LogP contribution in [-0.4, -0.2) is 22.7 Å². The summed E-state index contributed by atoms with van der Waals surface area (Å²) in [7, 11) is 0. The van der Waals surface area contributed by atoms with Crippen LogP contribution in [-0.2, 0) is 4.79 Å². The Balaban J connectivity index is 2.57. The second-order valence-corrected chi connectivity index (χ2v) is 4.48. The van der Waals surface area contributed by atoms with Gasteiger partial charge in [0.2, 0.25) is 5.91 Å². The van der Waals surface area contributed by atoms with Crippen LogP contribution in [0.15, 0.2) is 30.3 Å². The van der Waals surface area contributed by atoms with Crippen LogP contribution >= 0.6 is 11.8 Å². The van der Waals surface area contributed by atoms with E-state index in [0.29, 0.717) is 5.56 Å². The van der Waals surface area contributed by atoms with Crippen molar-refractivity contribution >= 4 is 23.5 Å². The molecular formula is C11H13NO2S. The lowest BCUT2D eigenvalue weighted by Gasteiger charge is -2.08. The average Bonchev–Trinajstić information content (AvgIpc) is 2.26. The molecule has 0 aliphatic heterocycles. The number of amides is 1. The van der Waals surface area contributed by atoms with Gasteiger partial charge in [-0.05, 0) is 6.92 Å². The number of ketones is 1. The maximum Gasteiger partial charge on any atom is 0.227 e. The predicted octanol–water partition coefficient (Wildman–Crippen LogP) is 1.48. The van der Waals surface area contributed by atoms with Gasteiger partial charge in [-0.3, -0.25) is 9.59 Å². The van der Waals surface area contributed by atoms with Gasteiger partial charge in [-0.1, -0.05) is 30.3 Å². The van der Waals surface area contributed by atoms with Crippen molar-refractivity contribution < 1.29 is 9.59 Å². The quantitative estimate of drug-likeness (QED) is 0.769. The van der Waals surface area contributed by atoms with Crippen LogP contribution in [0.4, 0.5) is 0 Å². The molecule has 1 unspecified atom stereocenters. The van der Waals surface area contributed by atoms with E-state index in [4.69, 9.17) is 5.73 Å². The Kier molecular flexibility index (Phi) is 4.37. The lowest BCUT2D eigenvalue weighted by atomic mass is 10.1. The highest BCUT2D eigenvalue weighted by atomic mass is 32.2. The topological polar surface area (TPSA) is 60.2 Å². The van der Waals surface area contributed by atoms with Crippen LogP contribution in [0.2, 0.25) is 0 Å².